The van der Waals surface area contributed by atoms with Crippen molar-refractivity contribution in [2.75, 3.05) is 0 Å². The van der Waals surface area contributed by atoms with E-state index >= 15 is 0 Å². The number of fused-ring (bicyclic) bond motifs is 2. The number of hydrogen-bond donors (Lipinski definition) is 0. The second-order valence-electron chi connectivity index (χ2n) is 7.74. The molecule has 2 atom stereocenters. The average molecular weight is 415 g/mol. The minimum Gasteiger partial charge on any atom is -0.360 e. The Hall–Kier alpha value is -2.59. The molecule has 152 valence electrons. The topological polar surface area (TPSA) is 115 Å². The Morgan fingerprint density at radius 1 is 1.10 bits per heavy atom. The van der Waals surface area contributed by atoms with Crippen molar-refractivity contribution in [3.63, 3.8) is 0 Å². The summed E-state index contributed by atoms with van der Waals surface area (Å²) in [5, 5.41) is 7.91. The SMILES string of the molecule is Cc1noc(C)c1S(=O)(=O)N1C2CCC1CC(c1nc(-c3cccnc3)no1)C2. The average Bonchev–Trinajstić information content (AvgIpc) is 3.40. The van der Waals surface area contributed by atoms with E-state index in [1.54, 1.807) is 30.5 Å². The van der Waals surface area contributed by atoms with E-state index in [2.05, 4.69) is 20.3 Å². The third-order valence-electron chi connectivity index (χ3n) is 5.88. The predicted octanol–water partition coefficient (Wildman–Crippen LogP) is 2.84. The van der Waals surface area contributed by atoms with E-state index in [4.69, 9.17) is 9.05 Å². The van der Waals surface area contributed by atoms with Gasteiger partial charge in [-0.3, -0.25) is 4.98 Å². The van der Waals surface area contributed by atoms with Crippen molar-refractivity contribution in [3.8, 4) is 11.4 Å². The molecule has 3 aromatic rings. The molecule has 2 bridgehead atoms. The fraction of sp³-hybridized carbons (Fsp3) is 0.474. The van der Waals surface area contributed by atoms with Gasteiger partial charge in [-0.15, -0.1) is 0 Å². The molecule has 10 heteroatoms. The van der Waals surface area contributed by atoms with Crippen molar-refractivity contribution in [2.45, 2.75) is 62.4 Å². The van der Waals surface area contributed by atoms with Crippen LogP contribution in [0.15, 0.2) is 38.5 Å². The molecule has 0 amide bonds. The molecule has 0 aromatic carbocycles. The van der Waals surface area contributed by atoms with Gasteiger partial charge in [0.25, 0.3) is 0 Å². The lowest BCUT2D eigenvalue weighted by atomic mass is 9.92. The molecule has 5 rings (SSSR count). The number of pyridine rings is 1. The lowest BCUT2D eigenvalue weighted by Gasteiger charge is -2.36. The van der Waals surface area contributed by atoms with Crippen molar-refractivity contribution in [1.29, 1.82) is 0 Å². The first-order valence-electron chi connectivity index (χ1n) is 9.65. The van der Waals surface area contributed by atoms with Crippen LogP contribution >= 0.6 is 0 Å². The smallest absolute Gasteiger partial charge is 0.248 e. The summed E-state index contributed by atoms with van der Waals surface area (Å²) in [5.41, 5.74) is 1.20. The lowest BCUT2D eigenvalue weighted by molar-refractivity contribution is 0.201. The Morgan fingerprint density at radius 3 is 2.48 bits per heavy atom. The summed E-state index contributed by atoms with van der Waals surface area (Å²) in [6.07, 6.45) is 6.36. The van der Waals surface area contributed by atoms with Crippen molar-refractivity contribution in [2.24, 2.45) is 0 Å². The second kappa shape index (κ2) is 6.74. The third-order valence-corrected chi connectivity index (χ3v) is 8.13. The highest BCUT2D eigenvalue weighted by Gasteiger charge is 2.49. The number of aryl methyl sites for hydroxylation is 2. The number of rotatable bonds is 4. The van der Waals surface area contributed by atoms with Crippen LogP contribution in [-0.2, 0) is 10.0 Å². The first kappa shape index (κ1) is 18.4. The molecular formula is C19H21N5O4S. The van der Waals surface area contributed by atoms with Crippen LogP contribution in [-0.4, -0.2) is 45.1 Å². The Balaban J connectivity index is 1.40. The molecule has 0 aliphatic carbocycles. The summed E-state index contributed by atoms with van der Waals surface area (Å²) in [6, 6.07) is 3.52. The summed E-state index contributed by atoms with van der Waals surface area (Å²) < 4.78 is 39.0. The van der Waals surface area contributed by atoms with Crippen LogP contribution in [0.1, 0.15) is 48.9 Å². The normalized spacial score (nSPS) is 24.8. The van der Waals surface area contributed by atoms with Crippen LogP contribution in [0.5, 0.6) is 0 Å². The Bertz CT molecular complexity index is 1110. The van der Waals surface area contributed by atoms with Crippen LogP contribution in [0.3, 0.4) is 0 Å². The first-order valence-corrected chi connectivity index (χ1v) is 11.1. The van der Waals surface area contributed by atoms with E-state index in [-0.39, 0.29) is 22.9 Å². The summed E-state index contributed by atoms with van der Waals surface area (Å²) >= 11 is 0. The molecule has 2 unspecified atom stereocenters. The van der Waals surface area contributed by atoms with E-state index in [0.717, 1.165) is 18.4 Å². The van der Waals surface area contributed by atoms with Gasteiger partial charge in [-0.25, -0.2) is 8.42 Å². The maximum absolute atomic E-state index is 13.4. The maximum atomic E-state index is 13.4. The largest absolute Gasteiger partial charge is 0.360 e. The highest BCUT2D eigenvalue weighted by molar-refractivity contribution is 7.89. The van der Waals surface area contributed by atoms with Crippen LogP contribution in [0.25, 0.3) is 11.4 Å². The van der Waals surface area contributed by atoms with E-state index in [1.807, 2.05) is 12.1 Å². The minimum atomic E-state index is -3.66. The van der Waals surface area contributed by atoms with Gasteiger partial charge in [0.05, 0.1) is 0 Å². The molecule has 0 spiro atoms. The van der Waals surface area contributed by atoms with Crippen LogP contribution in [0, 0.1) is 13.8 Å². The van der Waals surface area contributed by atoms with Gasteiger partial charge in [0.1, 0.15) is 10.6 Å². The molecule has 2 aliphatic heterocycles. The van der Waals surface area contributed by atoms with Crippen molar-refractivity contribution < 1.29 is 17.5 Å². The van der Waals surface area contributed by atoms with Gasteiger partial charge in [0, 0.05) is 36.0 Å². The van der Waals surface area contributed by atoms with E-state index in [0.29, 0.717) is 36.0 Å². The van der Waals surface area contributed by atoms with E-state index < -0.39 is 10.0 Å². The zero-order valence-electron chi connectivity index (χ0n) is 16.1. The number of aromatic nitrogens is 4. The highest BCUT2D eigenvalue weighted by Crippen LogP contribution is 2.46. The Kier molecular flexibility index (Phi) is 4.28. The number of piperidine rings is 1. The number of hydrogen-bond acceptors (Lipinski definition) is 8. The van der Waals surface area contributed by atoms with Gasteiger partial charge in [0.2, 0.25) is 21.7 Å². The number of sulfonamides is 1. The highest BCUT2D eigenvalue weighted by atomic mass is 32.2. The summed E-state index contributed by atoms with van der Waals surface area (Å²) in [7, 11) is -3.66. The summed E-state index contributed by atoms with van der Waals surface area (Å²) in [6.45, 7) is 3.30. The van der Waals surface area contributed by atoms with Gasteiger partial charge in [-0.05, 0) is 51.7 Å². The molecule has 2 aliphatic rings. The minimum absolute atomic E-state index is 0.0431. The fourth-order valence-corrected chi connectivity index (χ4v) is 6.88. The number of nitrogens with zero attached hydrogens (tertiary/aromatic N) is 5. The van der Waals surface area contributed by atoms with Crippen LogP contribution in [0.2, 0.25) is 0 Å². The third kappa shape index (κ3) is 2.98. The lowest BCUT2D eigenvalue weighted by Crippen LogP contribution is -2.46. The zero-order valence-corrected chi connectivity index (χ0v) is 17.0. The van der Waals surface area contributed by atoms with Gasteiger partial charge >= 0.3 is 0 Å². The monoisotopic (exact) mass is 415 g/mol. The van der Waals surface area contributed by atoms with Gasteiger partial charge in [0.15, 0.2) is 5.76 Å². The predicted molar refractivity (Wildman–Crippen MR) is 101 cm³/mol. The van der Waals surface area contributed by atoms with Gasteiger partial charge in [-0.1, -0.05) is 10.3 Å². The van der Waals surface area contributed by atoms with Gasteiger partial charge < -0.3 is 9.05 Å². The fourth-order valence-electron chi connectivity index (χ4n) is 4.69. The molecular weight excluding hydrogens is 394 g/mol. The molecule has 0 radical (unpaired) electrons. The quantitative estimate of drug-likeness (QED) is 0.639. The molecule has 3 aromatic heterocycles. The molecule has 29 heavy (non-hydrogen) atoms. The Labute approximate surface area is 168 Å². The Morgan fingerprint density at radius 2 is 1.86 bits per heavy atom. The molecule has 0 saturated carbocycles. The molecule has 2 fully saturated rings. The second-order valence-corrected chi connectivity index (χ2v) is 9.52. The molecule has 9 nitrogen and oxygen atoms in total. The standard InChI is InChI=1S/C19H21N5O4S/c1-11-17(12(2)27-22-11)29(25,26)24-15-5-6-16(24)9-14(8-15)19-21-18(23-28-19)13-4-3-7-20-10-13/h3-4,7,10,14-16H,5-6,8-9H2,1-2H3. The maximum Gasteiger partial charge on any atom is 0.248 e. The van der Waals surface area contributed by atoms with E-state index in [9.17, 15) is 8.42 Å². The summed E-state index contributed by atoms with van der Waals surface area (Å²) in [5.74, 6) is 1.45. The molecule has 5 heterocycles. The first-order chi connectivity index (χ1) is 13.9. The molecule has 2 saturated heterocycles. The van der Waals surface area contributed by atoms with Crippen molar-refractivity contribution >= 4 is 10.0 Å². The van der Waals surface area contributed by atoms with Crippen LogP contribution in [0.4, 0.5) is 0 Å². The van der Waals surface area contributed by atoms with Crippen molar-refractivity contribution in [1.82, 2.24) is 24.6 Å². The molecule has 0 N–H and O–H groups in total. The summed E-state index contributed by atoms with van der Waals surface area (Å²) in [4.78, 5) is 8.84. The zero-order chi connectivity index (χ0) is 20.2. The van der Waals surface area contributed by atoms with Crippen LogP contribution < -0.4 is 0 Å². The van der Waals surface area contributed by atoms with E-state index in [1.165, 1.54) is 0 Å². The van der Waals surface area contributed by atoms with Gasteiger partial charge in [-0.2, -0.15) is 9.29 Å². The van der Waals surface area contributed by atoms with Crippen molar-refractivity contribution in [3.05, 3.63) is 41.9 Å².